The molecule has 0 radical (unpaired) electrons. The van der Waals surface area contributed by atoms with Crippen molar-refractivity contribution in [3.8, 4) is 0 Å². The van der Waals surface area contributed by atoms with Gasteiger partial charge in [-0.25, -0.2) is 0 Å². The third-order valence-electron chi connectivity index (χ3n) is 3.08. The van der Waals surface area contributed by atoms with Crippen LogP contribution in [0.4, 0.5) is 0 Å². The lowest BCUT2D eigenvalue weighted by Gasteiger charge is -2.03. The Kier molecular flexibility index (Phi) is 2.92. The van der Waals surface area contributed by atoms with Crippen LogP contribution in [0.1, 0.15) is 29.7 Å². The van der Waals surface area contributed by atoms with E-state index in [9.17, 15) is 0 Å². The Labute approximate surface area is 101 Å². The molecule has 1 aliphatic rings. The van der Waals surface area contributed by atoms with Gasteiger partial charge in [-0.2, -0.15) is 0 Å². The second-order valence-electron chi connectivity index (χ2n) is 4.56. The zero-order valence-electron chi connectivity index (χ0n) is 9.73. The normalized spacial score (nSPS) is 15.1. The van der Waals surface area contributed by atoms with Crippen LogP contribution in [-0.2, 0) is 13.0 Å². The van der Waals surface area contributed by atoms with Crippen molar-refractivity contribution in [1.29, 1.82) is 0 Å². The minimum Gasteiger partial charge on any atom is -0.468 e. The van der Waals surface area contributed by atoms with Crippen LogP contribution in [0.25, 0.3) is 0 Å². The van der Waals surface area contributed by atoms with Crippen molar-refractivity contribution >= 4 is 0 Å². The summed E-state index contributed by atoms with van der Waals surface area (Å²) in [6.07, 6.45) is 8.98. The molecule has 0 atom stereocenters. The number of nitrogens with one attached hydrogen (secondary N) is 1. The molecule has 2 aromatic heterocycles. The first-order valence-electron chi connectivity index (χ1n) is 6.09. The molecule has 0 saturated heterocycles. The van der Waals surface area contributed by atoms with Crippen LogP contribution in [0.2, 0.25) is 0 Å². The van der Waals surface area contributed by atoms with Gasteiger partial charge >= 0.3 is 0 Å². The molecule has 2 aromatic rings. The number of nitrogens with zero attached hydrogens (tertiary/aromatic N) is 1. The van der Waals surface area contributed by atoms with Crippen LogP contribution in [0.5, 0.6) is 0 Å². The molecule has 3 rings (SSSR count). The summed E-state index contributed by atoms with van der Waals surface area (Å²) in [5.41, 5.74) is 2.48. The van der Waals surface area contributed by atoms with Gasteiger partial charge < -0.3 is 9.73 Å². The van der Waals surface area contributed by atoms with Crippen molar-refractivity contribution in [2.45, 2.75) is 31.8 Å². The van der Waals surface area contributed by atoms with Crippen LogP contribution in [0.3, 0.4) is 0 Å². The second-order valence-corrected chi connectivity index (χ2v) is 4.56. The highest BCUT2D eigenvalue weighted by molar-refractivity contribution is 5.25. The number of hydrogen-bond donors (Lipinski definition) is 1. The van der Waals surface area contributed by atoms with Crippen molar-refractivity contribution in [3.63, 3.8) is 0 Å². The number of rotatable bonds is 5. The van der Waals surface area contributed by atoms with Crippen molar-refractivity contribution in [2.75, 3.05) is 0 Å². The third kappa shape index (κ3) is 2.74. The molecule has 3 heteroatoms. The van der Waals surface area contributed by atoms with Crippen molar-refractivity contribution in [1.82, 2.24) is 10.3 Å². The Morgan fingerprint density at radius 2 is 2.29 bits per heavy atom. The predicted molar refractivity (Wildman–Crippen MR) is 65.6 cm³/mol. The highest BCUT2D eigenvalue weighted by Gasteiger charge is 2.21. The lowest BCUT2D eigenvalue weighted by Crippen LogP contribution is -2.15. The minimum absolute atomic E-state index is 0.714. The Morgan fingerprint density at radius 1 is 1.35 bits per heavy atom. The molecule has 0 amide bonds. The maximum Gasteiger partial charge on any atom is 0.121 e. The summed E-state index contributed by atoms with van der Waals surface area (Å²) in [6.45, 7) is 0.841. The van der Waals surface area contributed by atoms with Gasteiger partial charge in [0.2, 0.25) is 0 Å². The molecular weight excluding hydrogens is 212 g/mol. The van der Waals surface area contributed by atoms with Gasteiger partial charge in [0.1, 0.15) is 5.76 Å². The van der Waals surface area contributed by atoms with Crippen LogP contribution < -0.4 is 5.32 Å². The highest BCUT2D eigenvalue weighted by Crippen LogP contribution is 2.21. The number of aromatic nitrogens is 1. The first-order valence-corrected chi connectivity index (χ1v) is 6.09. The van der Waals surface area contributed by atoms with Gasteiger partial charge in [-0.1, -0.05) is 6.07 Å². The van der Waals surface area contributed by atoms with Crippen molar-refractivity contribution in [3.05, 3.63) is 53.7 Å². The molecule has 0 bridgehead atoms. The van der Waals surface area contributed by atoms with E-state index in [2.05, 4.69) is 22.4 Å². The average molecular weight is 228 g/mol. The van der Waals surface area contributed by atoms with Gasteiger partial charge in [0.05, 0.1) is 12.8 Å². The first kappa shape index (κ1) is 10.5. The Morgan fingerprint density at radius 3 is 3.06 bits per heavy atom. The topological polar surface area (TPSA) is 38.1 Å². The van der Waals surface area contributed by atoms with E-state index >= 15 is 0 Å². The summed E-state index contributed by atoms with van der Waals surface area (Å²) in [4.78, 5) is 4.13. The SMILES string of the molecule is c1cncc(Cc2ccoc2CNC2CC2)c1. The van der Waals surface area contributed by atoms with E-state index in [0.29, 0.717) is 6.04 Å². The summed E-state index contributed by atoms with van der Waals surface area (Å²) < 4.78 is 5.53. The minimum atomic E-state index is 0.714. The van der Waals surface area contributed by atoms with Crippen LogP contribution in [0, 0.1) is 0 Å². The van der Waals surface area contributed by atoms with Gasteiger partial charge in [-0.05, 0) is 36.1 Å². The molecule has 3 nitrogen and oxygen atoms in total. The van der Waals surface area contributed by atoms with E-state index in [1.807, 2.05) is 12.3 Å². The van der Waals surface area contributed by atoms with Gasteiger partial charge in [0.25, 0.3) is 0 Å². The largest absolute Gasteiger partial charge is 0.468 e. The summed E-state index contributed by atoms with van der Waals surface area (Å²) >= 11 is 0. The fraction of sp³-hybridized carbons (Fsp3) is 0.357. The molecule has 1 saturated carbocycles. The number of hydrogen-bond acceptors (Lipinski definition) is 3. The number of pyridine rings is 1. The zero-order valence-corrected chi connectivity index (χ0v) is 9.73. The molecule has 0 spiro atoms. The molecule has 17 heavy (non-hydrogen) atoms. The summed E-state index contributed by atoms with van der Waals surface area (Å²) in [6, 6.07) is 6.83. The van der Waals surface area contributed by atoms with E-state index in [1.165, 1.54) is 24.0 Å². The quantitative estimate of drug-likeness (QED) is 0.854. The third-order valence-corrected chi connectivity index (χ3v) is 3.08. The fourth-order valence-electron chi connectivity index (χ4n) is 1.93. The standard InChI is InChI=1S/C14H16N2O/c1-2-11(9-15-6-1)8-12-5-7-17-14(12)10-16-13-3-4-13/h1-2,5-7,9,13,16H,3-4,8,10H2. The number of furan rings is 1. The van der Waals surface area contributed by atoms with E-state index in [0.717, 1.165) is 18.7 Å². The zero-order chi connectivity index (χ0) is 11.5. The first-order chi connectivity index (χ1) is 8.42. The van der Waals surface area contributed by atoms with E-state index < -0.39 is 0 Å². The van der Waals surface area contributed by atoms with Gasteiger partial charge in [0, 0.05) is 24.9 Å². The maximum atomic E-state index is 5.53. The summed E-state index contributed by atoms with van der Waals surface area (Å²) in [5, 5.41) is 3.48. The molecule has 0 unspecified atom stereocenters. The molecule has 0 aliphatic heterocycles. The second kappa shape index (κ2) is 4.72. The van der Waals surface area contributed by atoms with Gasteiger partial charge in [0.15, 0.2) is 0 Å². The molecule has 2 heterocycles. The molecule has 1 N–H and O–H groups in total. The van der Waals surface area contributed by atoms with E-state index in [1.54, 1.807) is 12.5 Å². The monoisotopic (exact) mass is 228 g/mol. The molecule has 1 fully saturated rings. The smallest absolute Gasteiger partial charge is 0.121 e. The molecule has 0 aromatic carbocycles. The Hall–Kier alpha value is -1.61. The van der Waals surface area contributed by atoms with Crippen LogP contribution in [-0.4, -0.2) is 11.0 Å². The van der Waals surface area contributed by atoms with Crippen LogP contribution in [0.15, 0.2) is 41.3 Å². The van der Waals surface area contributed by atoms with Crippen molar-refractivity contribution in [2.24, 2.45) is 0 Å². The van der Waals surface area contributed by atoms with E-state index in [4.69, 9.17) is 4.42 Å². The maximum absolute atomic E-state index is 5.53. The van der Waals surface area contributed by atoms with Gasteiger partial charge in [-0.15, -0.1) is 0 Å². The Balaban J connectivity index is 1.67. The fourth-order valence-corrected chi connectivity index (χ4v) is 1.93. The lowest BCUT2D eigenvalue weighted by atomic mass is 10.1. The summed E-state index contributed by atoms with van der Waals surface area (Å²) in [5.74, 6) is 1.06. The molecular formula is C14H16N2O. The average Bonchev–Trinajstić information content (AvgIpc) is 3.09. The molecule has 88 valence electrons. The highest BCUT2D eigenvalue weighted by atomic mass is 16.3. The summed E-state index contributed by atoms with van der Waals surface area (Å²) in [7, 11) is 0. The molecule has 1 aliphatic carbocycles. The Bertz CT molecular complexity index is 474. The predicted octanol–water partition coefficient (Wildman–Crippen LogP) is 2.52. The van der Waals surface area contributed by atoms with Gasteiger partial charge in [-0.3, -0.25) is 4.98 Å². The van der Waals surface area contributed by atoms with E-state index in [-0.39, 0.29) is 0 Å². The van der Waals surface area contributed by atoms with Crippen molar-refractivity contribution < 1.29 is 4.42 Å². The van der Waals surface area contributed by atoms with Crippen LogP contribution >= 0.6 is 0 Å². The lowest BCUT2D eigenvalue weighted by molar-refractivity contribution is 0.478.